The number of ether oxygens (including phenoxy) is 1. The molecule has 0 bridgehead atoms. The van der Waals surface area contributed by atoms with Gasteiger partial charge in [0.25, 0.3) is 0 Å². The lowest BCUT2D eigenvalue weighted by molar-refractivity contribution is 0.473. The van der Waals surface area contributed by atoms with Crippen molar-refractivity contribution >= 4 is 33.2 Å². The first-order valence-corrected chi connectivity index (χ1v) is 6.02. The highest BCUT2D eigenvalue weighted by Crippen LogP contribution is 2.32. The molecule has 0 unspecified atom stereocenters. The van der Waals surface area contributed by atoms with E-state index >= 15 is 0 Å². The summed E-state index contributed by atoms with van der Waals surface area (Å²) in [4.78, 5) is 0. The summed E-state index contributed by atoms with van der Waals surface area (Å²) >= 11 is 8.54. The fourth-order valence-corrected chi connectivity index (χ4v) is 1.78. The highest BCUT2D eigenvalue weighted by atomic mass is 79.9. The van der Waals surface area contributed by atoms with Crippen molar-refractivity contribution in [2.75, 3.05) is 5.73 Å². The summed E-state index contributed by atoms with van der Waals surface area (Å²) in [7, 11) is 0. The smallest absolute Gasteiger partial charge is 0.153 e. The second kappa shape index (κ2) is 5.12. The molecule has 0 aromatic heterocycles. The lowest BCUT2D eigenvalue weighted by Crippen LogP contribution is -1.94. The monoisotopic (exact) mass is 333 g/mol. The molecular weight excluding hydrogens is 327 g/mol. The molecule has 2 aromatic rings. The third kappa shape index (κ3) is 2.73. The molecule has 0 saturated heterocycles. The van der Waals surface area contributed by atoms with Crippen molar-refractivity contribution in [3.63, 3.8) is 0 Å². The van der Waals surface area contributed by atoms with Crippen LogP contribution < -0.4 is 10.5 Å². The predicted molar refractivity (Wildman–Crippen MR) is 70.0 cm³/mol. The maximum absolute atomic E-state index is 13.3. The minimum atomic E-state index is -0.620. The van der Waals surface area contributed by atoms with Crippen molar-refractivity contribution in [3.8, 4) is 11.5 Å². The lowest BCUT2D eigenvalue weighted by Gasteiger charge is -2.09. The molecule has 0 atom stereocenters. The third-order valence-corrected chi connectivity index (χ3v) is 3.09. The predicted octanol–water partition coefficient (Wildman–Crippen LogP) is 4.76. The molecule has 0 amide bonds. The molecule has 18 heavy (non-hydrogen) atoms. The van der Waals surface area contributed by atoms with Crippen molar-refractivity contribution in [2.45, 2.75) is 0 Å². The van der Waals surface area contributed by atoms with E-state index in [0.29, 0.717) is 0 Å². The Hall–Kier alpha value is -1.33. The molecule has 2 nitrogen and oxygen atoms in total. The van der Waals surface area contributed by atoms with Crippen molar-refractivity contribution in [1.29, 1.82) is 0 Å². The van der Waals surface area contributed by atoms with Crippen LogP contribution in [0, 0.1) is 11.6 Å². The Morgan fingerprint density at radius 1 is 1.11 bits per heavy atom. The van der Waals surface area contributed by atoms with Crippen LogP contribution in [0.25, 0.3) is 0 Å². The molecule has 0 spiro atoms. The number of hydrogen-bond donors (Lipinski definition) is 1. The molecule has 0 fully saturated rings. The average Bonchev–Trinajstić information content (AvgIpc) is 2.31. The topological polar surface area (TPSA) is 35.2 Å². The highest BCUT2D eigenvalue weighted by Gasteiger charge is 2.09. The standard InChI is InChI=1S/C12H7BrClF2NO/c13-7-4-11(17)12(5-9(7)15)18-6-1-2-8(14)10(16)3-6/h1-5H,17H2. The SMILES string of the molecule is Nc1cc(Br)c(F)cc1Oc1ccc(Cl)c(F)c1. The molecule has 2 aromatic carbocycles. The van der Waals surface area contributed by atoms with E-state index in [2.05, 4.69) is 15.9 Å². The zero-order valence-electron chi connectivity index (χ0n) is 8.88. The number of anilines is 1. The zero-order valence-corrected chi connectivity index (χ0v) is 11.2. The first-order valence-electron chi connectivity index (χ1n) is 4.85. The Morgan fingerprint density at radius 2 is 1.83 bits per heavy atom. The van der Waals surface area contributed by atoms with E-state index in [9.17, 15) is 8.78 Å². The van der Waals surface area contributed by atoms with Gasteiger partial charge in [0.05, 0.1) is 15.2 Å². The van der Waals surface area contributed by atoms with E-state index in [1.54, 1.807) is 0 Å². The van der Waals surface area contributed by atoms with E-state index in [4.69, 9.17) is 22.1 Å². The maximum Gasteiger partial charge on any atom is 0.153 e. The molecule has 2 N–H and O–H groups in total. The van der Waals surface area contributed by atoms with Crippen molar-refractivity contribution in [2.24, 2.45) is 0 Å². The summed E-state index contributed by atoms with van der Waals surface area (Å²) < 4.78 is 32.1. The number of rotatable bonds is 2. The van der Waals surface area contributed by atoms with Crippen LogP contribution >= 0.6 is 27.5 Å². The van der Waals surface area contributed by atoms with Crippen molar-refractivity contribution in [1.82, 2.24) is 0 Å². The number of benzene rings is 2. The van der Waals surface area contributed by atoms with Crippen LogP contribution in [0.2, 0.25) is 5.02 Å². The van der Waals surface area contributed by atoms with Gasteiger partial charge in [-0.2, -0.15) is 0 Å². The summed E-state index contributed by atoms with van der Waals surface area (Å²) in [5.74, 6) is -0.846. The van der Waals surface area contributed by atoms with Crippen LogP contribution in [0.3, 0.4) is 0 Å². The Labute approximate surface area is 115 Å². The summed E-state index contributed by atoms with van der Waals surface area (Å²) in [6, 6.07) is 6.40. The van der Waals surface area contributed by atoms with Gasteiger partial charge in [0.2, 0.25) is 0 Å². The summed E-state index contributed by atoms with van der Waals surface area (Å²) in [5.41, 5.74) is 5.90. The second-order valence-corrected chi connectivity index (χ2v) is 4.74. The van der Waals surface area contributed by atoms with E-state index in [1.807, 2.05) is 0 Å². The quantitative estimate of drug-likeness (QED) is 0.804. The van der Waals surface area contributed by atoms with Crippen LogP contribution in [0.1, 0.15) is 0 Å². The van der Waals surface area contributed by atoms with Gasteiger partial charge >= 0.3 is 0 Å². The average molecular weight is 335 g/mol. The van der Waals surface area contributed by atoms with Gasteiger partial charge in [0, 0.05) is 12.1 Å². The molecule has 0 saturated carbocycles. The molecule has 6 heteroatoms. The van der Waals surface area contributed by atoms with Crippen LogP contribution in [0.15, 0.2) is 34.8 Å². The van der Waals surface area contributed by atoms with E-state index in [-0.39, 0.29) is 26.7 Å². The fraction of sp³-hybridized carbons (Fsp3) is 0. The van der Waals surface area contributed by atoms with Gasteiger partial charge in [-0.05, 0) is 34.1 Å². The third-order valence-electron chi connectivity index (χ3n) is 2.17. The Morgan fingerprint density at radius 3 is 2.50 bits per heavy atom. The maximum atomic E-state index is 13.3. The van der Waals surface area contributed by atoms with E-state index in [0.717, 1.165) is 12.1 Å². The van der Waals surface area contributed by atoms with Crippen LogP contribution in [0.5, 0.6) is 11.5 Å². The zero-order chi connectivity index (χ0) is 13.3. The van der Waals surface area contributed by atoms with Gasteiger partial charge in [-0.25, -0.2) is 8.78 Å². The van der Waals surface area contributed by atoms with Crippen molar-refractivity contribution in [3.05, 3.63) is 51.5 Å². The number of hydrogen-bond acceptors (Lipinski definition) is 2. The van der Waals surface area contributed by atoms with Crippen LogP contribution in [-0.4, -0.2) is 0 Å². The van der Waals surface area contributed by atoms with Gasteiger partial charge in [-0.15, -0.1) is 0 Å². The molecule has 0 aliphatic carbocycles. The first-order chi connectivity index (χ1) is 8.47. The normalized spacial score (nSPS) is 10.4. The largest absolute Gasteiger partial charge is 0.455 e. The fourth-order valence-electron chi connectivity index (χ4n) is 1.30. The highest BCUT2D eigenvalue weighted by molar-refractivity contribution is 9.10. The molecule has 0 radical (unpaired) electrons. The number of nitrogens with two attached hydrogens (primary N) is 1. The van der Waals surface area contributed by atoms with Gasteiger partial charge in [0.1, 0.15) is 17.4 Å². The van der Waals surface area contributed by atoms with Crippen molar-refractivity contribution < 1.29 is 13.5 Å². The minimum absolute atomic E-state index is 0.0164. The Kier molecular flexibility index (Phi) is 3.73. The van der Waals surface area contributed by atoms with Gasteiger partial charge in [-0.3, -0.25) is 0 Å². The minimum Gasteiger partial charge on any atom is -0.455 e. The Balaban J connectivity index is 2.34. The first kappa shape index (κ1) is 13.1. The molecule has 0 aliphatic heterocycles. The van der Waals surface area contributed by atoms with Gasteiger partial charge < -0.3 is 10.5 Å². The number of halogens is 4. The second-order valence-electron chi connectivity index (χ2n) is 3.48. The summed E-state index contributed by atoms with van der Waals surface area (Å²) in [6.07, 6.45) is 0. The Bertz CT molecular complexity index is 607. The molecule has 0 heterocycles. The molecule has 0 aliphatic rings. The van der Waals surface area contributed by atoms with Crippen LogP contribution in [0.4, 0.5) is 14.5 Å². The van der Waals surface area contributed by atoms with Gasteiger partial charge in [-0.1, -0.05) is 11.6 Å². The lowest BCUT2D eigenvalue weighted by atomic mass is 10.3. The van der Waals surface area contributed by atoms with Crippen LogP contribution in [-0.2, 0) is 0 Å². The van der Waals surface area contributed by atoms with E-state index < -0.39 is 11.6 Å². The molecule has 94 valence electrons. The molecular formula is C12H7BrClF2NO. The number of nitrogen functional groups attached to an aromatic ring is 1. The molecule has 2 rings (SSSR count). The summed E-state index contributed by atoms with van der Waals surface area (Å²) in [5, 5.41) is -0.0164. The van der Waals surface area contributed by atoms with E-state index in [1.165, 1.54) is 18.2 Å². The summed E-state index contributed by atoms with van der Waals surface area (Å²) in [6.45, 7) is 0. The van der Waals surface area contributed by atoms with Gasteiger partial charge in [0.15, 0.2) is 5.75 Å².